The van der Waals surface area contributed by atoms with Crippen LogP contribution < -0.4 is 0 Å². The minimum absolute atomic E-state index is 0.0834. The van der Waals surface area contributed by atoms with E-state index in [-0.39, 0.29) is 40.1 Å². The van der Waals surface area contributed by atoms with E-state index in [2.05, 4.69) is 46.8 Å². The molecule has 196 valence electrons. The summed E-state index contributed by atoms with van der Waals surface area (Å²) in [7, 11) is 0. The van der Waals surface area contributed by atoms with Crippen molar-refractivity contribution >= 4 is 5.97 Å². The van der Waals surface area contributed by atoms with Gasteiger partial charge in [-0.1, -0.05) is 53.7 Å². The summed E-state index contributed by atoms with van der Waals surface area (Å²) >= 11 is 0. The molecule has 0 spiro atoms. The van der Waals surface area contributed by atoms with Crippen LogP contribution >= 0.6 is 0 Å². The van der Waals surface area contributed by atoms with Gasteiger partial charge < -0.3 is 20.4 Å². The van der Waals surface area contributed by atoms with Gasteiger partial charge in [0.1, 0.15) is 0 Å². The molecular formula is C30H46O5. The number of fused-ring (bicyclic) bond motifs is 6. The fourth-order valence-electron chi connectivity index (χ4n) is 10.1. The molecule has 0 amide bonds. The van der Waals surface area contributed by atoms with Gasteiger partial charge in [0.05, 0.1) is 24.2 Å². The topological polar surface area (TPSA) is 98.0 Å². The number of aliphatic hydroxyl groups excluding tert-OH is 3. The normalized spacial score (nSPS) is 52.7. The molecule has 9 atom stereocenters. The summed E-state index contributed by atoms with van der Waals surface area (Å²) in [5.74, 6) is -0.365. The molecule has 5 rings (SSSR count). The maximum atomic E-state index is 12.7. The van der Waals surface area contributed by atoms with Gasteiger partial charge in [-0.15, -0.1) is 0 Å². The smallest absolute Gasteiger partial charge is 0.313 e. The van der Waals surface area contributed by atoms with Crippen LogP contribution in [-0.2, 0) is 4.79 Å². The number of carboxylic acids is 1. The van der Waals surface area contributed by atoms with Crippen LogP contribution in [0.25, 0.3) is 0 Å². The summed E-state index contributed by atoms with van der Waals surface area (Å²) < 4.78 is 0. The van der Waals surface area contributed by atoms with Gasteiger partial charge in [0, 0.05) is 5.41 Å². The van der Waals surface area contributed by atoms with Crippen LogP contribution in [0.15, 0.2) is 23.3 Å². The van der Waals surface area contributed by atoms with Crippen molar-refractivity contribution in [2.45, 2.75) is 105 Å². The fraction of sp³-hybridized carbons (Fsp3) is 0.833. The van der Waals surface area contributed by atoms with E-state index in [1.165, 1.54) is 5.57 Å². The third-order valence-electron chi connectivity index (χ3n) is 12.5. The Hall–Kier alpha value is -1.17. The van der Waals surface area contributed by atoms with Crippen molar-refractivity contribution in [3.05, 3.63) is 23.3 Å². The second kappa shape index (κ2) is 7.45. The molecule has 5 nitrogen and oxygen atoms in total. The summed E-state index contributed by atoms with van der Waals surface area (Å²) in [4.78, 5) is 12.7. The summed E-state index contributed by atoms with van der Waals surface area (Å²) in [6, 6.07) is 0. The van der Waals surface area contributed by atoms with Crippen molar-refractivity contribution in [3.8, 4) is 0 Å². The lowest BCUT2D eigenvalue weighted by atomic mass is 9.35. The largest absolute Gasteiger partial charge is 0.481 e. The molecule has 5 aliphatic carbocycles. The van der Waals surface area contributed by atoms with Crippen LogP contribution in [0.5, 0.6) is 0 Å². The number of rotatable bonds is 2. The summed E-state index contributed by atoms with van der Waals surface area (Å²) in [5.41, 5.74) is 0.573. The van der Waals surface area contributed by atoms with Gasteiger partial charge in [-0.3, -0.25) is 4.79 Å². The molecule has 0 unspecified atom stereocenters. The molecule has 3 fully saturated rings. The predicted octanol–water partition coefficient (Wildman–Crippen LogP) is 5.10. The van der Waals surface area contributed by atoms with Crippen molar-refractivity contribution in [3.63, 3.8) is 0 Å². The Morgan fingerprint density at radius 3 is 2.29 bits per heavy atom. The van der Waals surface area contributed by atoms with Gasteiger partial charge in [-0.25, -0.2) is 0 Å². The highest BCUT2D eigenvalue weighted by Crippen LogP contribution is 2.74. The standard InChI is InChI=1S/C30H46O5/c1-25(2)11-13-30(24(34)35)14-12-28(5)18(19(30)15-25)7-8-22-26(3)16-20(32)23(33)27(4,17-31)21(26)9-10-29(22,28)6/h7-8,20-23,31-33H,9-17H2,1-6H3,(H,34,35)/t20-,21+,22+,23-,26-,27-,28+,29+,30-/m0/s1. The lowest BCUT2D eigenvalue weighted by Crippen LogP contribution is -2.67. The molecule has 5 heteroatoms. The van der Waals surface area contributed by atoms with Crippen molar-refractivity contribution in [2.75, 3.05) is 6.61 Å². The Morgan fingerprint density at radius 2 is 1.66 bits per heavy atom. The van der Waals surface area contributed by atoms with E-state index in [1.807, 2.05) is 6.92 Å². The van der Waals surface area contributed by atoms with E-state index in [1.54, 1.807) is 0 Å². The second-order valence-electron chi connectivity index (χ2n) is 14.7. The Bertz CT molecular complexity index is 997. The molecule has 0 radical (unpaired) electrons. The molecular weight excluding hydrogens is 440 g/mol. The average molecular weight is 487 g/mol. The lowest BCUT2D eigenvalue weighted by Gasteiger charge is -2.69. The van der Waals surface area contributed by atoms with Crippen molar-refractivity contribution in [1.29, 1.82) is 0 Å². The molecule has 0 aromatic heterocycles. The molecule has 0 aromatic carbocycles. The maximum Gasteiger partial charge on any atom is 0.313 e. The molecule has 3 saturated carbocycles. The molecule has 4 N–H and O–H groups in total. The van der Waals surface area contributed by atoms with Crippen LogP contribution in [0, 0.1) is 44.3 Å². The van der Waals surface area contributed by atoms with Gasteiger partial charge in [-0.2, -0.15) is 0 Å². The number of aliphatic carboxylic acids is 1. The minimum Gasteiger partial charge on any atom is -0.481 e. The van der Waals surface area contributed by atoms with E-state index in [0.29, 0.717) is 12.8 Å². The zero-order valence-corrected chi connectivity index (χ0v) is 22.5. The van der Waals surface area contributed by atoms with Gasteiger partial charge >= 0.3 is 5.97 Å². The first kappa shape index (κ1) is 25.5. The summed E-state index contributed by atoms with van der Waals surface area (Å²) in [5, 5.41) is 42.7. The number of hydrogen-bond donors (Lipinski definition) is 4. The van der Waals surface area contributed by atoms with Crippen LogP contribution in [-0.4, -0.2) is 45.2 Å². The highest BCUT2D eigenvalue weighted by atomic mass is 16.4. The first-order valence-electron chi connectivity index (χ1n) is 13.7. The van der Waals surface area contributed by atoms with Crippen LogP contribution in [0.3, 0.4) is 0 Å². The average Bonchev–Trinajstić information content (AvgIpc) is 2.77. The SMILES string of the molecule is CC1(C)CC[C@]2(C(=O)O)CC[C@]3(C)C(=C2C1)C=C[C@@H]1[C@@]2(C)C[C@H](O)[C@H](O)[C@@](C)(CO)[C@@H]2CC[C@]13C. The van der Waals surface area contributed by atoms with Crippen molar-refractivity contribution in [2.24, 2.45) is 44.3 Å². The molecule has 35 heavy (non-hydrogen) atoms. The van der Waals surface area contributed by atoms with Crippen LogP contribution in [0.1, 0.15) is 92.9 Å². The second-order valence-corrected chi connectivity index (χ2v) is 14.7. The highest BCUT2D eigenvalue weighted by Gasteiger charge is 2.69. The fourth-order valence-corrected chi connectivity index (χ4v) is 10.1. The minimum atomic E-state index is -0.925. The Morgan fingerprint density at radius 1 is 1.00 bits per heavy atom. The van der Waals surface area contributed by atoms with Gasteiger partial charge in [0.25, 0.3) is 0 Å². The van der Waals surface area contributed by atoms with Crippen molar-refractivity contribution < 1.29 is 25.2 Å². The predicted molar refractivity (Wildman–Crippen MR) is 135 cm³/mol. The van der Waals surface area contributed by atoms with Gasteiger partial charge in [0.2, 0.25) is 0 Å². The Labute approximate surface area is 210 Å². The number of aliphatic hydroxyl groups is 3. The van der Waals surface area contributed by atoms with Crippen LogP contribution in [0.2, 0.25) is 0 Å². The van der Waals surface area contributed by atoms with E-state index in [4.69, 9.17) is 0 Å². The molecule has 0 aromatic rings. The summed E-state index contributed by atoms with van der Waals surface area (Å²) in [6.45, 7) is 13.4. The quantitative estimate of drug-likeness (QED) is 0.435. The molecule has 5 aliphatic rings. The Kier molecular flexibility index (Phi) is 5.42. The number of allylic oxidation sites excluding steroid dienone is 3. The number of carboxylic acid groups (broad SMARTS) is 1. The molecule has 0 saturated heterocycles. The van der Waals surface area contributed by atoms with E-state index >= 15 is 0 Å². The third-order valence-corrected chi connectivity index (χ3v) is 12.5. The maximum absolute atomic E-state index is 12.7. The summed E-state index contributed by atoms with van der Waals surface area (Å²) in [6.07, 6.45) is 9.25. The van der Waals surface area contributed by atoms with E-state index < -0.39 is 29.0 Å². The highest BCUT2D eigenvalue weighted by molar-refractivity contribution is 5.80. The number of carbonyl (C=O) groups is 1. The third kappa shape index (κ3) is 3.01. The van der Waals surface area contributed by atoms with Gasteiger partial charge in [0.15, 0.2) is 0 Å². The zero-order valence-electron chi connectivity index (χ0n) is 22.5. The Balaban J connectivity index is 1.68. The lowest BCUT2D eigenvalue weighted by molar-refractivity contribution is -0.231. The number of hydrogen-bond acceptors (Lipinski definition) is 4. The molecule has 0 bridgehead atoms. The van der Waals surface area contributed by atoms with Crippen LogP contribution in [0.4, 0.5) is 0 Å². The molecule has 0 heterocycles. The first-order valence-corrected chi connectivity index (χ1v) is 13.7. The van der Waals surface area contributed by atoms with E-state index in [0.717, 1.165) is 44.1 Å². The monoisotopic (exact) mass is 486 g/mol. The first-order chi connectivity index (χ1) is 16.1. The molecule has 0 aliphatic heterocycles. The van der Waals surface area contributed by atoms with Crippen molar-refractivity contribution in [1.82, 2.24) is 0 Å². The van der Waals surface area contributed by atoms with E-state index in [9.17, 15) is 25.2 Å². The van der Waals surface area contributed by atoms with Gasteiger partial charge in [-0.05, 0) is 96.0 Å². The zero-order chi connectivity index (χ0) is 25.8.